The van der Waals surface area contributed by atoms with Crippen LogP contribution in [0.3, 0.4) is 0 Å². The molecule has 1 fully saturated rings. The third-order valence-corrected chi connectivity index (χ3v) is 6.87. The van der Waals surface area contributed by atoms with Gasteiger partial charge in [-0.05, 0) is 56.5 Å². The summed E-state index contributed by atoms with van der Waals surface area (Å²) in [6.45, 7) is 3.75. The molecule has 9 heteroatoms. The van der Waals surface area contributed by atoms with Gasteiger partial charge in [0.05, 0.1) is 22.8 Å². The molecule has 1 aliphatic rings. The summed E-state index contributed by atoms with van der Waals surface area (Å²) in [5.74, 6) is -0.343. The fourth-order valence-corrected chi connectivity index (χ4v) is 4.70. The Labute approximate surface area is 190 Å². The van der Waals surface area contributed by atoms with Crippen LogP contribution in [0.2, 0.25) is 0 Å². The number of hydrogen-bond donors (Lipinski definition) is 2. The van der Waals surface area contributed by atoms with E-state index in [0.29, 0.717) is 11.3 Å². The Balaban J connectivity index is 1.90. The van der Waals surface area contributed by atoms with E-state index in [4.69, 9.17) is 9.47 Å². The van der Waals surface area contributed by atoms with Crippen LogP contribution in [0.15, 0.2) is 47.4 Å². The van der Waals surface area contributed by atoms with Crippen LogP contribution in [-0.2, 0) is 19.5 Å². The highest BCUT2D eigenvalue weighted by atomic mass is 32.2. The van der Waals surface area contributed by atoms with Gasteiger partial charge in [0.1, 0.15) is 0 Å². The number of carbonyl (C=O) groups is 1. The number of hydrogen-bond acceptors (Lipinski definition) is 6. The fraction of sp³-hybridized carbons (Fsp3) is 0.435. The molecule has 1 saturated heterocycles. The van der Waals surface area contributed by atoms with Crippen molar-refractivity contribution in [3.8, 4) is 0 Å². The summed E-state index contributed by atoms with van der Waals surface area (Å²) in [5.41, 5.74) is 2.47. The Morgan fingerprint density at radius 1 is 1.03 bits per heavy atom. The fourth-order valence-electron chi connectivity index (χ4n) is 3.63. The van der Waals surface area contributed by atoms with Gasteiger partial charge in [-0.1, -0.05) is 17.7 Å². The van der Waals surface area contributed by atoms with Gasteiger partial charge in [-0.25, -0.2) is 8.42 Å². The molecular weight excluding hydrogens is 430 g/mol. The first-order valence-corrected chi connectivity index (χ1v) is 12.1. The number of methoxy groups -OCH3 is 2. The number of ether oxygens (including phenoxy) is 2. The second-order valence-electron chi connectivity index (χ2n) is 7.81. The summed E-state index contributed by atoms with van der Waals surface area (Å²) in [5, 5.41) is 2.75. The highest BCUT2D eigenvalue weighted by Crippen LogP contribution is 2.31. The molecule has 1 aliphatic heterocycles. The van der Waals surface area contributed by atoms with Gasteiger partial charge in [0.15, 0.2) is 6.29 Å². The number of nitrogens with zero attached hydrogens (tertiary/aromatic N) is 1. The number of sulfonamides is 1. The Morgan fingerprint density at radius 2 is 1.69 bits per heavy atom. The van der Waals surface area contributed by atoms with Crippen LogP contribution in [0.4, 0.5) is 11.4 Å². The Morgan fingerprint density at radius 3 is 2.31 bits per heavy atom. The second-order valence-corrected chi connectivity index (χ2v) is 9.49. The highest BCUT2D eigenvalue weighted by molar-refractivity contribution is 7.92. The minimum absolute atomic E-state index is 0.171. The lowest BCUT2D eigenvalue weighted by Crippen LogP contribution is -2.34. The number of aryl methyl sites for hydroxylation is 1. The summed E-state index contributed by atoms with van der Waals surface area (Å²) in [6, 6.07) is 11.8. The standard InChI is InChI=1S/C23H31N3O5S/c1-17-7-10-19(11-8-17)32(28,29)25-20-15-18(23(27)24-16-22(30-2)31-3)9-12-21(20)26-13-5-4-6-14-26/h7-12,15,22,25H,4-6,13-14,16H2,1-3H3,(H,24,27). The van der Waals surface area contributed by atoms with Gasteiger partial charge in [-0.2, -0.15) is 0 Å². The monoisotopic (exact) mass is 461 g/mol. The van der Waals surface area contributed by atoms with Crippen LogP contribution in [0.1, 0.15) is 35.2 Å². The molecule has 0 unspecified atom stereocenters. The molecule has 2 aromatic rings. The number of nitrogens with one attached hydrogen (secondary N) is 2. The number of benzene rings is 2. The zero-order valence-corrected chi connectivity index (χ0v) is 19.6. The van der Waals surface area contributed by atoms with E-state index in [0.717, 1.165) is 43.6 Å². The molecule has 32 heavy (non-hydrogen) atoms. The van der Waals surface area contributed by atoms with Crippen LogP contribution >= 0.6 is 0 Å². The summed E-state index contributed by atoms with van der Waals surface area (Å²) in [4.78, 5) is 15.0. The molecule has 8 nitrogen and oxygen atoms in total. The van der Waals surface area contributed by atoms with Crippen molar-refractivity contribution in [2.24, 2.45) is 0 Å². The van der Waals surface area contributed by atoms with Gasteiger partial charge in [0.25, 0.3) is 15.9 Å². The SMILES string of the molecule is COC(CNC(=O)c1ccc(N2CCCCC2)c(NS(=O)(=O)c2ccc(C)cc2)c1)OC. The average Bonchev–Trinajstić information content (AvgIpc) is 2.80. The normalized spacial score (nSPS) is 14.4. The molecular formula is C23H31N3O5S. The Hall–Kier alpha value is -2.62. The molecule has 1 amide bonds. The molecule has 1 heterocycles. The lowest BCUT2D eigenvalue weighted by molar-refractivity contribution is -0.0974. The molecule has 0 radical (unpaired) electrons. The summed E-state index contributed by atoms with van der Waals surface area (Å²) in [7, 11) is -0.832. The first-order chi connectivity index (χ1) is 15.3. The maximum atomic E-state index is 13.1. The molecule has 2 aromatic carbocycles. The van der Waals surface area contributed by atoms with Crippen LogP contribution in [0.25, 0.3) is 0 Å². The van der Waals surface area contributed by atoms with Gasteiger partial charge >= 0.3 is 0 Å². The molecule has 0 saturated carbocycles. The van der Waals surface area contributed by atoms with Gasteiger partial charge < -0.3 is 19.7 Å². The minimum atomic E-state index is -3.82. The minimum Gasteiger partial charge on any atom is -0.370 e. The molecule has 0 spiro atoms. The maximum absolute atomic E-state index is 13.1. The van der Waals surface area contributed by atoms with E-state index < -0.39 is 16.3 Å². The van der Waals surface area contributed by atoms with E-state index >= 15 is 0 Å². The number of carbonyl (C=O) groups excluding carboxylic acids is 1. The summed E-state index contributed by atoms with van der Waals surface area (Å²) < 4.78 is 39.0. The van der Waals surface area contributed by atoms with Crippen molar-refractivity contribution in [1.82, 2.24) is 5.32 Å². The third kappa shape index (κ3) is 5.99. The van der Waals surface area contributed by atoms with Gasteiger partial charge in [-0.3, -0.25) is 9.52 Å². The van der Waals surface area contributed by atoms with Crippen LogP contribution in [0, 0.1) is 6.92 Å². The molecule has 0 aliphatic carbocycles. The number of amides is 1. The molecule has 0 bridgehead atoms. The average molecular weight is 462 g/mol. The van der Waals surface area contributed by atoms with Crippen molar-refractivity contribution in [2.45, 2.75) is 37.4 Å². The van der Waals surface area contributed by atoms with Crippen molar-refractivity contribution in [2.75, 3.05) is 43.5 Å². The third-order valence-electron chi connectivity index (χ3n) is 5.49. The van der Waals surface area contributed by atoms with Crippen LogP contribution in [0.5, 0.6) is 0 Å². The molecule has 3 rings (SSSR count). The van der Waals surface area contributed by atoms with E-state index in [1.54, 1.807) is 42.5 Å². The van der Waals surface area contributed by atoms with Crippen LogP contribution in [-0.4, -0.2) is 54.5 Å². The van der Waals surface area contributed by atoms with Gasteiger partial charge in [0.2, 0.25) is 0 Å². The number of piperidine rings is 1. The Kier molecular flexibility index (Phi) is 8.11. The maximum Gasteiger partial charge on any atom is 0.261 e. The van der Waals surface area contributed by atoms with Crippen LogP contribution < -0.4 is 14.9 Å². The van der Waals surface area contributed by atoms with E-state index in [2.05, 4.69) is 14.9 Å². The first kappa shape index (κ1) is 24.0. The van der Waals surface area contributed by atoms with Crippen molar-refractivity contribution in [3.05, 3.63) is 53.6 Å². The van der Waals surface area contributed by atoms with Gasteiger partial charge in [-0.15, -0.1) is 0 Å². The van der Waals surface area contributed by atoms with E-state index in [9.17, 15) is 13.2 Å². The van der Waals surface area contributed by atoms with E-state index in [1.165, 1.54) is 14.2 Å². The largest absolute Gasteiger partial charge is 0.370 e. The summed E-state index contributed by atoms with van der Waals surface area (Å²) >= 11 is 0. The van der Waals surface area contributed by atoms with E-state index in [1.807, 2.05) is 6.92 Å². The van der Waals surface area contributed by atoms with Crippen molar-refractivity contribution in [3.63, 3.8) is 0 Å². The lowest BCUT2D eigenvalue weighted by atomic mass is 10.1. The van der Waals surface area contributed by atoms with E-state index in [-0.39, 0.29) is 17.3 Å². The highest BCUT2D eigenvalue weighted by Gasteiger charge is 2.21. The smallest absolute Gasteiger partial charge is 0.261 e. The summed E-state index contributed by atoms with van der Waals surface area (Å²) in [6.07, 6.45) is 2.68. The molecule has 2 N–H and O–H groups in total. The predicted molar refractivity (Wildman–Crippen MR) is 125 cm³/mol. The second kappa shape index (κ2) is 10.8. The molecule has 174 valence electrons. The number of rotatable bonds is 9. The molecule has 0 aromatic heterocycles. The van der Waals surface area contributed by atoms with Crippen molar-refractivity contribution >= 4 is 27.3 Å². The zero-order valence-electron chi connectivity index (χ0n) is 18.8. The lowest BCUT2D eigenvalue weighted by Gasteiger charge is -2.31. The van der Waals surface area contributed by atoms with Crippen molar-refractivity contribution in [1.29, 1.82) is 0 Å². The molecule has 0 atom stereocenters. The zero-order chi connectivity index (χ0) is 23.1. The predicted octanol–water partition coefficient (Wildman–Crippen LogP) is 3.13. The quantitative estimate of drug-likeness (QED) is 0.557. The van der Waals surface area contributed by atoms with Crippen molar-refractivity contribution < 1.29 is 22.7 Å². The Bertz CT molecular complexity index is 1010. The topological polar surface area (TPSA) is 97.0 Å². The first-order valence-electron chi connectivity index (χ1n) is 10.7. The number of anilines is 2. The van der Waals surface area contributed by atoms with Gasteiger partial charge in [0, 0.05) is 32.9 Å².